The Kier molecular flexibility index (Phi) is 5.33. The number of carbonyl (C=O) groups is 1. The maximum absolute atomic E-state index is 13.2. The predicted molar refractivity (Wildman–Crippen MR) is 131 cm³/mol. The maximum Gasteiger partial charge on any atom is 0.256 e. The lowest BCUT2D eigenvalue weighted by Crippen LogP contribution is -2.13. The largest absolute Gasteiger partial charge is 0.356 e. The number of amides is 1. The lowest BCUT2D eigenvalue weighted by Gasteiger charge is -2.14. The van der Waals surface area contributed by atoms with Gasteiger partial charge in [-0.1, -0.05) is 66.7 Å². The van der Waals surface area contributed by atoms with Crippen molar-refractivity contribution in [3.8, 4) is 11.1 Å². The number of carbonyl (C=O) groups excluding carboxylic acids is 1. The summed E-state index contributed by atoms with van der Waals surface area (Å²) < 4.78 is 0. The van der Waals surface area contributed by atoms with Crippen molar-refractivity contribution in [1.29, 1.82) is 0 Å². The molecule has 0 aliphatic carbocycles. The number of hydrogen-bond acceptors (Lipinski definition) is 3. The summed E-state index contributed by atoms with van der Waals surface area (Å²) in [4.78, 5) is 17.5. The van der Waals surface area contributed by atoms with E-state index in [-0.39, 0.29) is 5.91 Å². The molecule has 154 valence electrons. The van der Waals surface area contributed by atoms with Crippen molar-refractivity contribution in [2.24, 2.45) is 0 Å². The maximum atomic E-state index is 13.2. The fraction of sp³-hybridized carbons (Fsp3) is 0. The Labute approximate surface area is 186 Å². The minimum Gasteiger partial charge on any atom is -0.356 e. The molecule has 0 unspecified atom stereocenters. The van der Waals surface area contributed by atoms with Crippen molar-refractivity contribution in [1.82, 2.24) is 4.98 Å². The van der Waals surface area contributed by atoms with Crippen LogP contribution in [0.2, 0.25) is 0 Å². The first-order valence-corrected chi connectivity index (χ1v) is 10.4. The topological polar surface area (TPSA) is 54.0 Å². The highest BCUT2D eigenvalue weighted by atomic mass is 16.1. The van der Waals surface area contributed by atoms with Crippen molar-refractivity contribution >= 4 is 33.9 Å². The van der Waals surface area contributed by atoms with E-state index in [4.69, 9.17) is 0 Å². The second kappa shape index (κ2) is 8.74. The molecule has 4 heteroatoms. The van der Waals surface area contributed by atoms with Gasteiger partial charge >= 0.3 is 0 Å². The summed E-state index contributed by atoms with van der Waals surface area (Å²) in [5, 5.41) is 7.36. The number of pyridine rings is 1. The summed E-state index contributed by atoms with van der Waals surface area (Å²) in [6.07, 6.45) is 1.67. The molecule has 0 fully saturated rings. The number of aromatic nitrogens is 1. The molecule has 1 amide bonds. The van der Waals surface area contributed by atoms with E-state index in [0.717, 1.165) is 39.1 Å². The Bertz CT molecular complexity index is 1390. The normalized spacial score (nSPS) is 10.6. The van der Waals surface area contributed by atoms with Crippen LogP contribution in [0, 0.1) is 0 Å². The lowest BCUT2D eigenvalue weighted by molar-refractivity contribution is 0.102. The summed E-state index contributed by atoms with van der Waals surface area (Å²) in [6.45, 7) is 0. The average molecular weight is 415 g/mol. The second-order valence-electron chi connectivity index (χ2n) is 7.45. The molecule has 0 spiro atoms. The van der Waals surface area contributed by atoms with Crippen LogP contribution in [-0.4, -0.2) is 10.9 Å². The first-order valence-electron chi connectivity index (χ1n) is 10.4. The van der Waals surface area contributed by atoms with Crippen LogP contribution in [0.25, 0.3) is 22.0 Å². The smallest absolute Gasteiger partial charge is 0.256 e. The van der Waals surface area contributed by atoms with Gasteiger partial charge in [0.1, 0.15) is 0 Å². The number of nitrogens with zero attached hydrogens (tertiary/aromatic N) is 1. The van der Waals surface area contributed by atoms with Crippen LogP contribution < -0.4 is 10.6 Å². The van der Waals surface area contributed by atoms with Crippen LogP contribution in [-0.2, 0) is 0 Å². The summed E-state index contributed by atoms with van der Waals surface area (Å²) >= 11 is 0. The monoisotopic (exact) mass is 415 g/mol. The third kappa shape index (κ3) is 4.07. The predicted octanol–water partition coefficient (Wildman–Crippen LogP) is 6.90. The molecule has 5 rings (SSSR count). The molecule has 0 saturated carbocycles. The number of nitrogens with one attached hydrogen (secondary N) is 2. The first-order chi connectivity index (χ1) is 15.8. The summed E-state index contributed by atoms with van der Waals surface area (Å²) in [7, 11) is 0. The molecule has 0 aliphatic heterocycles. The van der Waals surface area contributed by atoms with E-state index in [0.29, 0.717) is 5.56 Å². The van der Waals surface area contributed by atoms with Crippen LogP contribution >= 0.6 is 0 Å². The molecule has 0 saturated heterocycles. The van der Waals surface area contributed by atoms with Crippen LogP contribution in [0.1, 0.15) is 10.4 Å². The Morgan fingerprint density at radius 2 is 1.44 bits per heavy atom. The number of anilines is 3. The van der Waals surface area contributed by atoms with Crippen LogP contribution in [0.5, 0.6) is 0 Å². The van der Waals surface area contributed by atoms with Gasteiger partial charge in [-0.2, -0.15) is 0 Å². The average Bonchev–Trinajstić information content (AvgIpc) is 2.85. The van der Waals surface area contributed by atoms with Gasteiger partial charge in [0.2, 0.25) is 0 Å². The highest BCUT2D eigenvalue weighted by Crippen LogP contribution is 2.31. The fourth-order valence-corrected chi connectivity index (χ4v) is 3.78. The molecule has 0 bridgehead atoms. The Hall–Kier alpha value is -4.44. The van der Waals surface area contributed by atoms with E-state index in [1.807, 2.05) is 97.1 Å². The molecule has 32 heavy (non-hydrogen) atoms. The highest BCUT2D eigenvalue weighted by Gasteiger charge is 2.13. The van der Waals surface area contributed by atoms with Crippen molar-refractivity contribution in [2.75, 3.05) is 10.6 Å². The van der Waals surface area contributed by atoms with Crippen LogP contribution in [0.15, 0.2) is 115 Å². The standard InChI is InChI=1S/C28H21N3O/c32-28(25-17-18-29-26-15-6-5-14-24(25)26)31-27-16-7-4-13-23(27)20-9-8-12-22(19-20)30-21-10-2-1-3-11-21/h1-19,30H,(H,31,32). The first kappa shape index (κ1) is 19.5. The van der Waals surface area contributed by atoms with Crippen molar-refractivity contribution < 1.29 is 4.79 Å². The molecule has 1 aromatic heterocycles. The van der Waals surface area contributed by atoms with Crippen molar-refractivity contribution in [2.45, 2.75) is 0 Å². The molecule has 0 atom stereocenters. The summed E-state index contributed by atoms with van der Waals surface area (Å²) in [6, 6.07) is 35.5. The third-order valence-corrected chi connectivity index (χ3v) is 5.30. The number of para-hydroxylation sites is 3. The molecule has 0 radical (unpaired) electrons. The molecule has 4 aromatic carbocycles. The Morgan fingerprint density at radius 3 is 2.34 bits per heavy atom. The zero-order valence-electron chi connectivity index (χ0n) is 17.3. The fourth-order valence-electron chi connectivity index (χ4n) is 3.78. The number of fused-ring (bicyclic) bond motifs is 1. The number of hydrogen-bond donors (Lipinski definition) is 2. The highest BCUT2D eigenvalue weighted by molar-refractivity contribution is 6.13. The molecule has 1 heterocycles. The van der Waals surface area contributed by atoms with E-state index in [1.165, 1.54) is 0 Å². The summed E-state index contributed by atoms with van der Waals surface area (Å²) in [5.41, 5.74) is 6.14. The van der Waals surface area contributed by atoms with Gasteiger partial charge in [0.15, 0.2) is 0 Å². The molecule has 4 nitrogen and oxygen atoms in total. The van der Waals surface area contributed by atoms with E-state index < -0.39 is 0 Å². The molecular formula is C28H21N3O. The van der Waals surface area contributed by atoms with Gasteiger partial charge in [-0.05, 0) is 48.0 Å². The Morgan fingerprint density at radius 1 is 0.688 bits per heavy atom. The van der Waals surface area contributed by atoms with Gasteiger partial charge in [0.25, 0.3) is 5.91 Å². The van der Waals surface area contributed by atoms with Gasteiger partial charge in [-0.15, -0.1) is 0 Å². The number of rotatable bonds is 5. The van der Waals surface area contributed by atoms with Crippen molar-refractivity contribution in [3.63, 3.8) is 0 Å². The molecule has 5 aromatic rings. The minimum absolute atomic E-state index is 0.158. The van der Waals surface area contributed by atoms with Crippen LogP contribution in [0.4, 0.5) is 17.1 Å². The molecular weight excluding hydrogens is 394 g/mol. The second-order valence-corrected chi connectivity index (χ2v) is 7.45. The summed E-state index contributed by atoms with van der Waals surface area (Å²) in [5.74, 6) is -0.158. The molecule has 2 N–H and O–H groups in total. The quantitative estimate of drug-likeness (QED) is 0.328. The van der Waals surface area contributed by atoms with Gasteiger partial charge in [0, 0.05) is 34.2 Å². The zero-order chi connectivity index (χ0) is 21.8. The van der Waals surface area contributed by atoms with Crippen molar-refractivity contribution in [3.05, 3.63) is 121 Å². The van der Waals surface area contributed by atoms with E-state index >= 15 is 0 Å². The van der Waals surface area contributed by atoms with Gasteiger partial charge in [-0.25, -0.2) is 0 Å². The molecule has 0 aliphatic rings. The van der Waals surface area contributed by atoms with Gasteiger partial charge < -0.3 is 10.6 Å². The SMILES string of the molecule is O=C(Nc1ccccc1-c1cccc(Nc2ccccc2)c1)c1ccnc2ccccc12. The van der Waals surface area contributed by atoms with Crippen LogP contribution in [0.3, 0.4) is 0 Å². The number of benzene rings is 4. The van der Waals surface area contributed by atoms with E-state index in [1.54, 1.807) is 12.3 Å². The van der Waals surface area contributed by atoms with E-state index in [2.05, 4.69) is 21.7 Å². The third-order valence-electron chi connectivity index (χ3n) is 5.30. The van der Waals surface area contributed by atoms with Gasteiger partial charge in [0.05, 0.1) is 11.1 Å². The minimum atomic E-state index is -0.158. The lowest BCUT2D eigenvalue weighted by atomic mass is 10.0. The Balaban J connectivity index is 1.46. The zero-order valence-corrected chi connectivity index (χ0v) is 17.3. The van der Waals surface area contributed by atoms with E-state index in [9.17, 15) is 4.79 Å². The van der Waals surface area contributed by atoms with Gasteiger partial charge in [-0.3, -0.25) is 9.78 Å².